The highest BCUT2D eigenvalue weighted by molar-refractivity contribution is 8.02. The number of benzene rings is 1. The van der Waals surface area contributed by atoms with E-state index in [2.05, 4.69) is 25.1 Å². The van der Waals surface area contributed by atoms with Gasteiger partial charge < -0.3 is 9.84 Å². The van der Waals surface area contributed by atoms with Crippen molar-refractivity contribution in [3.63, 3.8) is 0 Å². The van der Waals surface area contributed by atoms with E-state index >= 15 is 0 Å². The van der Waals surface area contributed by atoms with Crippen LogP contribution in [0.5, 0.6) is 5.75 Å². The Hall–Kier alpha value is -2.20. The van der Waals surface area contributed by atoms with E-state index in [1.807, 2.05) is 24.3 Å². The van der Waals surface area contributed by atoms with E-state index in [9.17, 15) is 9.90 Å². The highest BCUT2D eigenvalue weighted by Gasteiger charge is 2.18. The van der Waals surface area contributed by atoms with Crippen molar-refractivity contribution in [2.75, 3.05) is 5.75 Å². The van der Waals surface area contributed by atoms with Crippen molar-refractivity contribution in [3.8, 4) is 5.75 Å². The molecule has 1 atom stereocenters. The van der Waals surface area contributed by atoms with Crippen LogP contribution in [0, 0.1) is 0 Å². The van der Waals surface area contributed by atoms with Gasteiger partial charge in [0.2, 0.25) is 0 Å². The lowest BCUT2D eigenvalue weighted by atomic mass is 10.0. The van der Waals surface area contributed by atoms with Crippen LogP contribution in [0.4, 0.5) is 0 Å². The van der Waals surface area contributed by atoms with Gasteiger partial charge in [0.25, 0.3) is 0 Å². The summed E-state index contributed by atoms with van der Waals surface area (Å²) in [5.41, 5.74) is 2.22. The van der Waals surface area contributed by atoms with Crippen molar-refractivity contribution in [1.29, 1.82) is 0 Å². The van der Waals surface area contributed by atoms with Crippen molar-refractivity contribution >= 4 is 23.3 Å². The Kier molecular flexibility index (Phi) is 9.39. The van der Waals surface area contributed by atoms with Crippen LogP contribution >= 0.6 is 11.8 Å². The lowest BCUT2D eigenvalue weighted by Crippen LogP contribution is -2.26. The zero-order valence-electron chi connectivity index (χ0n) is 13.8. The van der Waals surface area contributed by atoms with E-state index in [1.54, 1.807) is 30.0 Å². The maximum atomic E-state index is 11.2. The number of rotatable bonds is 12. The lowest BCUT2D eigenvalue weighted by molar-refractivity contribution is -0.145. The Morgan fingerprint density at radius 2 is 1.88 bits per heavy atom. The summed E-state index contributed by atoms with van der Waals surface area (Å²) in [7, 11) is 0. The first-order valence-corrected chi connectivity index (χ1v) is 8.80. The van der Waals surface area contributed by atoms with Crippen LogP contribution in [-0.2, 0) is 4.79 Å². The number of carboxylic acid groups (broad SMARTS) is 1. The Bertz CT molecular complexity index is 587. The molecule has 0 aliphatic rings. The van der Waals surface area contributed by atoms with Gasteiger partial charge in [0, 0.05) is 5.75 Å². The summed E-state index contributed by atoms with van der Waals surface area (Å²) in [5.74, 6) is 0.437. The summed E-state index contributed by atoms with van der Waals surface area (Å²) < 4.78 is 5.57. The average molecular weight is 344 g/mol. The predicted molar refractivity (Wildman–Crippen MR) is 103 cm³/mol. The van der Waals surface area contributed by atoms with Crippen molar-refractivity contribution in [3.05, 3.63) is 73.2 Å². The zero-order chi connectivity index (χ0) is 17.8. The Labute approximate surface area is 148 Å². The largest absolute Gasteiger partial charge is 0.479 e. The van der Waals surface area contributed by atoms with Crippen molar-refractivity contribution in [1.82, 2.24) is 0 Å². The summed E-state index contributed by atoms with van der Waals surface area (Å²) in [6.07, 6.45) is 6.32. The van der Waals surface area contributed by atoms with Crippen LogP contribution in [0.1, 0.15) is 24.8 Å². The molecule has 0 bridgehead atoms. The molecule has 1 rings (SSSR count). The van der Waals surface area contributed by atoms with Gasteiger partial charge in [0.05, 0.1) is 0 Å². The Morgan fingerprint density at radius 3 is 2.42 bits per heavy atom. The molecule has 0 aliphatic heterocycles. The van der Waals surface area contributed by atoms with Gasteiger partial charge >= 0.3 is 5.97 Å². The van der Waals surface area contributed by atoms with Gasteiger partial charge in [-0.25, -0.2) is 4.79 Å². The standard InChI is InChI=1S/C20H24O3S/c1-4-7-9-19(20(21)22)23-18-12-10-16(11-13-18)17(8-5-2)15-24-14-6-3/h4-6,10-13,15,19H,1-3,7-9,14H2,(H,21,22)/b17-15+. The highest BCUT2D eigenvalue weighted by atomic mass is 32.2. The molecule has 0 saturated heterocycles. The second kappa shape index (κ2) is 11.4. The molecule has 0 aromatic heterocycles. The fraction of sp³-hybridized carbons (Fsp3) is 0.250. The first-order chi connectivity index (χ1) is 11.6. The normalized spacial score (nSPS) is 12.2. The van der Waals surface area contributed by atoms with E-state index in [4.69, 9.17) is 4.74 Å². The lowest BCUT2D eigenvalue weighted by Gasteiger charge is -2.15. The van der Waals surface area contributed by atoms with Gasteiger partial charge in [-0.05, 0) is 47.9 Å². The molecule has 0 saturated carbocycles. The molecule has 128 valence electrons. The summed E-state index contributed by atoms with van der Waals surface area (Å²) in [5, 5.41) is 11.3. The molecule has 1 unspecified atom stereocenters. The van der Waals surface area contributed by atoms with Crippen LogP contribution in [0.15, 0.2) is 67.6 Å². The van der Waals surface area contributed by atoms with E-state index in [-0.39, 0.29) is 0 Å². The van der Waals surface area contributed by atoms with Crippen LogP contribution in [0.3, 0.4) is 0 Å². The third-order valence-electron chi connectivity index (χ3n) is 3.22. The summed E-state index contributed by atoms with van der Waals surface area (Å²) in [6, 6.07) is 7.47. The zero-order valence-corrected chi connectivity index (χ0v) is 14.6. The molecular weight excluding hydrogens is 320 g/mol. The maximum Gasteiger partial charge on any atom is 0.344 e. The minimum absolute atomic E-state index is 0.403. The monoisotopic (exact) mass is 344 g/mol. The van der Waals surface area contributed by atoms with Gasteiger partial charge in [-0.1, -0.05) is 30.4 Å². The smallest absolute Gasteiger partial charge is 0.344 e. The number of carboxylic acids is 1. The molecule has 1 aromatic carbocycles. The Morgan fingerprint density at radius 1 is 1.17 bits per heavy atom. The number of hydrogen-bond donors (Lipinski definition) is 1. The number of thioether (sulfide) groups is 1. The second-order valence-electron chi connectivity index (χ2n) is 5.09. The van der Waals surface area contributed by atoms with Gasteiger partial charge in [-0.15, -0.1) is 31.5 Å². The van der Waals surface area contributed by atoms with Crippen LogP contribution < -0.4 is 4.74 Å². The average Bonchev–Trinajstić information content (AvgIpc) is 2.58. The molecular formula is C20H24O3S. The molecule has 24 heavy (non-hydrogen) atoms. The molecule has 0 fully saturated rings. The molecule has 3 nitrogen and oxygen atoms in total. The fourth-order valence-electron chi connectivity index (χ4n) is 2.02. The molecule has 4 heteroatoms. The summed E-state index contributed by atoms with van der Waals surface area (Å²) >= 11 is 1.68. The van der Waals surface area contributed by atoms with Gasteiger partial charge in [0.1, 0.15) is 5.75 Å². The van der Waals surface area contributed by atoms with E-state index < -0.39 is 12.1 Å². The van der Waals surface area contributed by atoms with Crippen LogP contribution in [-0.4, -0.2) is 22.9 Å². The predicted octanol–water partition coefficient (Wildman–Crippen LogP) is 5.32. The molecule has 1 N–H and O–H groups in total. The number of allylic oxidation sites excluding steroid dienone is 3. The number of carbonyl (C=O) groups is 1. The molecule has 0 aliphatic carbocycles. The molecule has 1 aromatic rings. The SMILES string of the molecule is C=CCCC(Oc1ccc(/C(=C/SCC=C)CC=C)cc1)C(=O)O. The van der Waals surface area contributed by atoms with Gasteiger partial charge in [-0.2, -0.15) is 0 Å². The molecule has 0 spiro atoms. The second-order valence-corrected chi connectivity index (χ2v) is 6.00. The maximum absolute atomic E-state index is 11.2. The first kappa shape index (κ1) is 19.8. The number of hydrogen-bond acceptors (Lipinski definition) is 3. The quantitative estimate of drug-likeness (QED) is 0.412. The van der Waals surface area contributed by atoms with Crippen LogP contribution in [0.2, 0.25) is 0 Å². The summed E-state index contributed by atoms with van der Waals surface area (Å²) in [4.78, 5) is 11.2. The molecule has 0 amide bonds. The van der Waals surface area contributed by atoms with Crippen LogP contribution in [0.25, 0.3) is 5.57 Å². The Balaban J connectivity index is 2.83. The van der Waals surface area contributed by atoms with Crippen molar-refractivity contribution in [2.45, 2.75) is 25.4 Å². The highest BCUT2D eigenvalue weighted by Crippen LogP contribution is 2.25. The van der Waals surface area contributed by atoms with E-state index in [0.717, 1.165) is 23.3 Å². The third kappa shape index (κ3) is 6.92. The molecule has 0 radical (unpaired) electrons. The number of aliphatic carboxylic acids is 1. The fourth-order valence-corrected chi connectivity index (χ4v) is 2.69. The van der Waals surface area contributed by atoms with Gasteiger partial charge in [0.15, 0.2) is 6.10 Å². The minimum Gasteiger partial charge on any atom is -0.479 e. The van der Waals surface area contributed by atoms with E-state index in [1.165, 1.54) is 0 Å². The van der Waals surface area contributed by atoms with Crippen molar-refractivity contribution in [2.24, 2.45) is 0 Å². The number of ether oxygens (including phenoxy) is 1. The minimum atomic E-state index is -0.964. The first-order valence-electron chi connectivity index (χ1n) is 7.75. The third-order valence-corrected chi connectivity index (χ3v) is 4.10. The molecule has 0 heterocycles. The summed E-state index contributed by atoms with van der Waals surface area (Å²) in [6.45, 7) is 11.1. The van der Waals surface area contributed by atoms with E-state index in [0.29, 0.717) is 18.6 Å². The van der Waals surface area contributed by atoms with Gasteiger partial charge in [-0.3, -0.25) is 0 Å². The topological polar surface area (TPSA) is 46.5 Å². The van der Waals surface area contributed by atoms with Crippen molar-refractivity contribution < 1.29 is 14.6 Å².